The Morgan fingerprint density at radius 2 is 1.83 bits per heavy atom. The van der Waals surface area contributed by atoms with Crippen molar-refractivity contribution < 1.29 is 9.72 Å². The molecule has 2 aromatic carbocycles. The van der Waals surface area contributed by atoms with Crippen molar-refractivity contribution in [2.45, 2.75) is 13.0 Å². The van der Waals surface area contributed by atoms with Gasteiger partial charge in [-0.05, 0) is 29.7 Å². The van der Waals surface area contributed by atoms with Crippen LogP contribution in [0.25, 0.3) is 0 Å². The van der Waals surface area contributed by atoms with Crippen LogP contribution in [-0.4, -0.2) is 35.4 Å². The van der Waals surface area contributed by atoms with Gasteiger partial charge in [-0.3, -0.25) is 19.8 Å². The number of nitro benzene ring substituents is 1. The fourth-order valence-electron chi connectivity index (χ4n) is 2.91. The highest BCUT2D eigenvalue weighted by molar-refractivity contribution is 5.94. The van der Waals surface area contributed by atoms with E-state index in [-0.39, 0.29) is 11.6 Å². The number of fused-ring (bicyclic) bond motifs is 1. The molecule has 124 valence electrons. The molecule has 1 amide bonds. The van der Waals surface area contributed by atoms with Crippen LogP contribution in [0.15, 0.2) is 48.5 Å². The third-order valence-electron chi connectivity index (χ3n) is 4.26. The molecular formula is C18H19N3O3. The van der Waals surface area contributed by atoms with Gasteiger partial charge < -0.3 is 5.32 Å². The number of carbonyl (C=O) groups excluding carboxylic acids is 1. The summed E-state index contributed by atoms with van der Waals surface area (Å²) in [5, 5.41) is 13.5. The Hall–Kier alpha value is -2.73. The number of amides is 1. The number of non-ortho nitro benzene ring substituents is 1. The van der Waals surface area contributed by atoms with Crippen LogP contribution in [0, 0.1) is 10.1 Å². The van der Waals surface area contributed by atoms with Gasteiger partial charge in [-0.2, -0.15) is 0 Å². The molecule has 0 saturated carbocycles. The number of nitrogens with one attached hydrogen (secondary N) is 1. The highest BCUT2D eigenvalue weighted by Crippen LogP contribution is 2.17. The van der Waals surface area contributed by atoms with Crippen molar-refractivity contribution in [3.05, 3.63) is 75.3 Å². The van der Waals surface area contributed by atoms with E-state index in [2.05, 4.69) is 34.5 Å². The first-order valence-electron chi connectivity index (χ1n) is 7.95. The zero-order valence-electron chi connectivity index (χ0n) is 13.3. The van der Waals surface area contributed by atoms with Crippen LogP contribution in [-0.2, 0) is 13.0 Å². The number of nitro groups is 1. The predicted octanol–water partition coefficient (Wildman–Crippen LogP) is 2.38. The fourth-order valence-corrected chi connectivity index (χ4v) is 2.91. The Morgan fingerprint density at radius 3 is 2.54 bits per heavy atom. The van der Waals surface area contributed by atoms with Crippen molar-refractivity contribution >= 4 is 11.6 Å². The Kier molecular flexibility index (Phi) is 4.86. The van der Waals surface area contributed by atoms with Crippen LogP contribution < -0.4 is 5.32 Å². The summed E-state index contributed by atoms with van der Waals surface area (Å²) in [6, 6.07) is 14.1. The molecule has 0 radical (unpaired) electrons. The summed E-state index contributed by atoms with van der Waals surface area (Å²) >= 11 is 0. The van der Waals surface area contributed by atoms with Crippen LogP contribution in [0.5, 0.6) is 0 Å². The summed E-state index contributed by atoms with van der Waals surface area (Å²) < 4.78 is 0. The smallest absolute Gasteiger partial charge is 0.269 e. The van der Waals surface area contributed by atoms with Crippen molar-refractivity contribution in [2.24, 2.45) is 0 Å². The number of hydrogen-bond donors (Lipinski definition) is 1. The molecule has 0 unspecified atom stereocenters. The van der Waals surface area contributed by atoms with Crippen LogP contribution in [0.2, 0.25) is 0 Å². The van der Waals surface area contributed by atoms with Crippen molar-refractivity contribution in [1.29, 1.82) is 0 Å². The van der Waals surface area contributed by atoms with E-state index in [1.165, 1.54) is 35.4 Å². The second-order valence-corrected chi connectivity index (χ2v) is 5.85. The lowest BCUT2D eigenvalue weighted by Crippen LogP contribution is -2.37. The molecule has 1 aliphatic heterocycles. The Labute approximate surface area is 140 Å². The molecule has 6 heteroatoms. The normalized spacial score (nSPS) is 14.0. The molecular weight excluding hydrogens is 306 g/mol. The summed E-state index contributed by atoms with van der Waals surface area (Å²) in [5.41, 5.74) is 3.18. The number of hydrogen-bond acceptors (Lipinski definition) is 4. The molecule has 1 heterocycles. The molecule has 6 nitrogen and oxygen atoms in total. The standard InChI is InChI=1S/C18H19N3O3/c22-18(15-5-7-17(8-6-15)21(23)24)19-10-12-20-11-9-14-3-1-2-4-16(14)13-20/h1-8H,9-13H2,(H,19,22). The van der Waals surface area contributed by atoms with E-state index in [0.717, 1.165) is 26.1 Å². The minimum Gasteiger partial charge on any atom is -0.351 e. The predicted molar refractivity (Wildman–Crippen MR) is 90.9 cm³/mol. The van der Waals surface area contributed by atoms with Gasteiger partial charge in [0.25, 0.3) is 11.6 Å². The second kappa shape index (κ2) is 7.23. The average molecular weight is 325 g/mol. The molecule has 0 atom stereocenters. The van der Waals surface area contributed by atoms with Gasteiger partial charge in [0, 0.05) is 43.9 Å². The maximum absolute atomic E-state index is 12.1. The van der Waals surface area contributed by atoms with Crippen molar-refractivity contribution in [1.82, 2.24) is 10.2 Å². The summed E-state index contributed by atoms with van der Waals surface area (Å²) in [6.45, 7) is 3.24. The lowest BCUT2D eigenvalue weighted by atomic mass is 10.00. The van der Waals surface area contributed by atoms with E-state index >= 15 is 0 Å². The van der Waals surface area contributed by atoms with Crippen LogP contribution in [0.1, 0.15) is 21.5 Å². The van der Waals surface area contributed by atoms with E-state index < -0.39 is 4.92 Å². The minimum atomic E-state index is -0.476. The zero-order valence-corrected chi connectivity index (χ0v) is 13.3. The van der Waals surface area contributed by atoms with Crippen molar-refractivity contribution in [3.63, 3.8) is 0 Å². The molecule has 0 saturated heterocycles. The van der Waals surface area contributed by atoms with Gasteiger partial charge in [-0.1, -0.05) is 24.3 Å². The Bertz CT molecular complexity index is 743. The average Bonchev–Trinajstić information content (AvgIpc) is 2.61. The minimum absolute atomic E-state index is 0.0152. The fraction of sp³-hybridized carbons (Fsp3) is 0.278. The molecule has 2 aromatic rings. The Morgan fingerprint density at radius 1 is 1.12 bits per heavy atom. The lowest BCUT2D eigenvalue weighted by molar-refractivity contribution is -0.384. The third-order valence-corrected chi connectivity index (χ3v) is 4.26. The molecule has 0 fully saturated rings. The number of nitrogens with zero attached hydrogens (tertiary/aromatic N) is 2. The number of carbonyl (C=O) groups is 1. The highest BCUT2D eigenvalue weighted by Gasteiger charge is 2.15. The van der Waals surface area contributed by atoms with Crippen molar-refractivity contribution in [3.8, 4) is 0 Å². The van der Waals surface area contributed by atoms with Gasteiger partial charge >= 0.3 is 0 Å². The monoisotopic (exact) mass is 325 g/mol. The summed E-state index contributed by atoms with van der Waals surface area (Å²) in [5.74, 6) is -0.206. The SMILES string of the molecule is O=C(NCCN1CCc2ccccc2C1)c1ccc([N+](=O)[O-])cc1. The van der Waals surface area contributed by atoms with Gasteiger partial charge in [0.15, 0.2) is 0 Å². The summed E-state index contributed by atoms with van der Waals surface area (Å²) in [7, 11) is 0. The van der Waals surface area contributed by atoms with Crippen molar-refractivity contribution in [2.75, 3.05) is 19.6 Å². The molecule has 0 bridgehead atoms. The zero-order chi connectivity index (χ0) is 16.9. The molecule has 0 spiro atoms. The quantitative estimate of drug-likeness (QED) is 0.676. The van der Waals surface area contributed by atoms with Gasteiger partial charge in [-0.25, -0.2) is 0 Å². The van der Waals surface area contributed by atoms with E-state index in [1.54, 1.807) is 0 Å². The first kappa shape index (κ1) is 16.1. The molecule has 24 heavy (non-hydrogen) atoms. The van der Waals surface area contributed by atoms with Gasteiger partial charge in [-0.15, -0.1) is 0 Å². The maximum Gasteiger partial charge on any atom is 0.269 e. The summed E-state index contributed by atoms with van der Waals surface area (Å²) in [6.07, 6.45) is 1.03. The molecule has 0 aliphatic carbocycles. The van der Waals surface area contributed by atoms with E-state index in [1.807, 2.05) is 0 Å². The molecule has 0 aromatic heterocycles. The first-order chi connectivity index (χ1) is 11.6. The maximum atomic E-state index is 12.1. The number of rotatable bonds is 5. The van der Waals surface area contributed by atoms with Gasteiger partial charge in [0.2, 0.25) is 0 Å². The third kappa shape index (κ3) is 3.78. The van der Waals surface area contributed by atoms with Crippen LogP contribution >= 0.6 is 0 Å². The van der Waals surface area contributed by atoms with E-state index in [4.69, 9.17) is 0 Å². The highest BCUT2D eigenvalue weighted by atomic mass is 16.6. The topological polar surface area (TPSA) is 75.5 Å². The second-order valence-electron chi connectivity index (χ2n) is 5.85. The summed E-state index contributed by atoms with van der Waals surface area (Å²) in [4.78, 5) is 24.5. The van der Waals surface area contributed by atoms with Gasteiger partial charge in [0.1, 0.15) is 0 Å². The van der Waals surface area contributed by atoms with Crippen LogP contribution in [0.3, 0.4) is 0 Å². The molecule has 1 N–H and O–H groups in total. The molecule has 1 aliphatic rings. The van der Waals surface area contributed by atoms with E-state index in [9.17, 15) is 14.9 Å². The van der Waals surface area contributed by atoms with Gasteiger partial charge in [0.05, 0.1) is 4.92 Å². The van der Waals surface area contributed by atoms with E-state index in [0.29, 0.717) is 12.1 Å². The lowest BCUT2D eigenvalue weighted by Gasteiger charge is -2.28. The first-order valence-corrected chi connectivity index (χ1v) is 7.95. The largest absolute Gasteiger partial charge is 0.351 e. The Balaban J connectivity index is 1.48. The molecule has 3 rings (SSSR count). The number of benzene rings is 2. The van der Waals surface area contributed by atoms with Crippen LogP contribution in [0.4, 0.5) is 5.69 Å².